The van der Waals surface area contributed by atoms with E-state index in [1.165, 1.54) is 0 Å². The lowest BCUT2D eigenvalue weighted by Crippen LogP contribution is -2.21. The number of hydrogen-bond donors (Lipinski definition) is 1. The van der Waals surface area contributed by atoms with E-state index in [-0.39, 0.29) is 11.7 Å². The number of imidazole rings is 1. The fourth-order valence-electron chi connectivity index (χ4n) is 2.82. The number of nitrogens with one attached hydrogen (secondary N) is 1. The van der Waals surface area contributed by atoms with Gasteiger partial charge in [-0.05, 0) is 25.0 Å². The van der Waals surface area contributed by atoms with Crippen LogP contribution in [0, 0.1) is 0 Å². The van der Waals surface area contributed by atoms with E-state index in [4.69, 9.17) is 11.6 Å². The summed E-state index contributed by atoms with van der Waals surface area (Å²) in [6.07, 6.45) is 4.99. The molecule has 6 heteroatoms. The van der Waals surface area contributed by atoms with Gasteiger partial charge in [0.25, 0.3) is 0 Å². The van der Waals surface area contributed by atoms with Crippen LogP contribution in [0.4, 0.5) is 0 Å². The molecule has 0 bridgehead atoms. The van der Waals surface area contributed by atoms with Crippen LogP contribution < -0.4 is 5.69 Å². The van der Waals surface area contributed by atoms with Gasteiger partial charge < -0.3 is 0 Å². The van der Waals surface area contributed by atoms with Gasteiger partial charge >= 0.3 is 5.69 Å². The van der Waals surface area contributed by atoms with Gasteiger partial charge in [0, 0.05) is 24.0 Å². The summed E-state index contributed by atoms with van der Waals surface area (Å²) in [7, 11) is 0. The fraction of sp³-hybridized carbons (Fsp3) is 0.312. The Morgan fingerprint density at radius 3 is 2.68 bits per heavy atom. The van der Waals surface area contributed by atoms with Gasteiger partial charge in [-0.1, -0.05) is 31.5 Å². The first-order valence-corrected chi connectivity index (χ1v) is 7.75. The lowest BCUT2D eigenvalue weighted by atomic mass is 10.1. The quantitative estimate of drug-likeness (QED) is 0.796. The van der Waals surface area contributed by atoms with E-state index >= 15 is 0 Å². The maximum Gasteiger partial charge on any atom is 0.327 e. The average Bonchev–Trinajstić information content (AvgIpc) is 2.86. The molecule has 1 N–H and O–H groups in total. The van der Waals surface area contributed by atoms with Crippen molar-refractivity contribution in [3.8, 4) is 11.3 Å². The van der Waals surface area contributed by atoms with Gasteiger partial charge in [-0.2, -0.15) is 0 Å². The predicted octanol–water partition coefficient (Wildman–Crippen LogP) is 3.80. The van der Waals surface area contributed by atoms with Crippen molar-refractivity contribution < 1.29 is 0 Å². The Labute approximate surface area is 133 Å². The molecular formula is C16H17ClN4O. The number of aromatic amines is 1. The molecule has 0 aliphatic rings. The van der Waals surface area contributed by atoms with Crippen molar-refractivity contribution in [1.29, 1.82) is 0 Å². The Kier molecular flexibility index (Phi) is 3.98. The third kappa shape index (κ3) is 2.31. The molecule has 3 heterocycles. The first-order valence-electron chi connectivity index (χ1n) is 7.37. The smallest absolute Gasteiger partial charge is 0.290 e. The minimum absolute atomic E-state index is 0.101. The zero-order chi connectivity index (χ0) is 15.7. The Morgan fingerprint density at radius 2 is 2.05 bits per heavy atom. The Hall–Kier alpha value is -2.14. The highest BCUT2D eigenvalue weighted by molar-refractivity contribution is 6.34. The van der Waals surface area contributed by atoms with Gasteiger partial charge in [-0.3, -0.25) is 14.5 Å². The molecule has 0 radical (unpaired) electrons. The highest BCUT2D eigenvalue weighted by Gasteiger charge is 2.21. The van der Waals surface area contributed by atoms with Crippen molar-refractivity contribution in [3.63, 3.8) is 0 Å². The number of aromatic nitrogens is 4. The average molecular weight is 317 g/mol. The molecule has 0 aromatic carbocycles. The second-order valence-electron chi connectivity index (χ2n) is 5.16. The van der Waals surface area contributed by atoms with Crippen LogP contribution in [-0.2, 0) is 0 Å². The molecule has 0 atom stereocenters. The number of H-pyrrole nitrogens is 1. The molecule has 22 heavy (non-hydrogen) atoms. The van der Waals surface area contributed by atoms with E-state index in [9.17, 15) is 4.79 Å². The summed E-state index contributed by atoms with van der Waals surface area (Å²) >= 11 is 6.38. The topological polar surface area (TPSA) is 63.6 Å². The molecule has 0 spiro atoms. The summed E-state index contributed by atoms with van der Waals surface area (Å²) in [6, 6.07) is 5.73. The van der Waals surface area contributed by atoms with Crippen LogP contribution in [0.25, 0.3) is 22.4 Å². The molecule has 0 unspecified atom stereocenters. The highest BCUT2D eigenvalue weighted by atomic mass is 35.5. The van der Waals surface area contributed by atoms with Gasteiger partial charge in [0.05, 0.1) is 16.2 Å². The molecule has 3 aromatic heterocycles. The van der Waals surface area contributed by atoms with Crippen molar-refractivity contribution >= 4 is 22.8 Å². The molecule has 0 fully saturated rings. The van der Waals surface area contributed by atoms with Crippen molar-refractivity contribution in [2.45, 2.75) is 32.7 Å². The third-order valence-electron chi connectivity index (χ3n) is 3.92. The monoisotopic (exact) mass is 316 g/mol. The Balaban J connectivity index is 2.41. The van der Waals surface area contributed by atoms with E-state index in [1.54, 1.807) is 17.0 Å². The number of pyridine rings is 2. The summed E-state index contributed by atoms with van der Waals surface area (Å²) in [6.45, 7) is 4.13. The van der Waals surface area contributed by atoms with Crippen LogP contribution in [0.3, 0.4) is 0 Å². The maximum absolute atomic E-state index is 12.4. The largest absolute Gasteiger partial charge is 0.327 e. The van der Waals surface area contributed by atoms with Crippen LogP contribution >= 0.6 is 11.6 Å². The molecule has 114 valence electrons. The van der Waals surface area contributed by atoms with Crippen LogP contribution in [0.15, 0.2) is 35.4 Å². The van der Waals surface area contributed by atoms with E-state index in [0.29, 0.717) is 10.7 Å². The summed E-state index contributed by atoms with van der Waals surface area (Å²) in [4.78, 5) is 23.9. The molecule has 3 rings (SSSR count). The number of hydrogen-bond acceptors (Lipinski definition) is 3. The van der Waals surface area contributed by atoms with Crippen molar-refractivity contribution in [2.24, 2.45) is 0 Å². The van der Waals surface area contributed by atoms with Crippen LogP contribution in [0.2, 0.25) is 5.02 Å². The number of rotatable bonds is 4. The molecule has 0 aliphatic carbocycles. The summed E-state index contributed by atoms with van der Waals surface area (Å²) in [5.74, 6) is 0. The number of halogens is 1. The van der Waals surface area contributed by atoms with Gasteiger partial charge in [0.1, 0.15) is 0 Å². The molecule has 0 aliphatic heterocycles. The maximum atomic E-state index is 12.4. The Morgan fingerprint density at radius 1 is 1.27 bits per heavy atom. The molecule has 0 saturated carbocycles. The summed E-state index contributed by atoms with van der Waals surface area (Å²) < 4.78 is 1.76. The second kappa shape index (κ2) is 5.93. The normalized spacial score (nSPS) is 11.5. The van der Waals surface area contributed by atoms with Gasteiger partial charge in [0.15, 0.2) is 5.65 Å². The fourth-order valence-corrected chi connectivity index (χ4v) is 3.06. The first kappa shape index (κ1) is 14.8. The van der Waals surface area contributed by atoms with E-state index in [1.807, 2.05) is 18.2 Å². The highest BCUT2D eigenvalue weighted by Crippen LogP contribution is 2.33. The van der Waals surface area contributed by atoms with Crippen LogP contribution in [0.5, 0.6) is 0 Å². The van der Waals surface area contributed by atoms with E-state index in [2.05, 4.69) is 28.8 Å². The minimum Gasteiger partial charge on any atom is -0.290 e. The summed E-state index contributed by atoms with van der Waals surface area (Å²) in [5, 5.41) is 0.491. The van der Waals surface area contributed by atoms with Crippen LogP contribution in [0.1, 0.15) is 32.7 Å². The molecule has 5 nitrogen and oxygen atoms in total. The van der Waals surface area contributed by atoms with E-state index in [0.717, 1.165) is 29.6 Å². The van der Waals surface area contributed by atoms with Crippen molar-refractivity contribution in [2.75, 3.05) is 0 Å². The van der Waals surface area contributed by atoms with Crippen molar-refractivity contribution in [3.05, 3.63) is 46.1 Å². The Bertz CT molecular complexity index is 850. The van der Waals surface area contributed by atoms with Gasteiger partial charge in [-0.25, -0.2) is 9.78 Å². The standard InChI is InChI=1S/C16H17ClN4O/c1-3-10(4-2)21-14-13(12-7-5-6-8-18-12)11(17)9-19-15(14)20-16(21)22/h5-10H,3-4H2,1-2H3,(H,19,20,22). The predicted molar refractivity (Wildman–Crippen MR) is 88.2 cm³/mol. The molecular weight excluding hydrogens is 300 g/mol. The van der Waals surface area contributed by atoms with Gasteiger partial charge in [-0.15, -0.1) is 0 Å². The third-order valence-corrected chi connectivity index (χ3v) is 4.21. The lowest BCUT2D eigenvalue weighted by Gasteiger charge is -2.16. The minimum atomic E-state index is -0.157. The van der Waals surface area contributed by atoms with Gasteiger partial charge in [0.2, 0.25) is 0 Å². The molecule has 3 aromatic rings. The van der Waals surface area contributed by atoms with E-state index < -0.39 is 0 Å². The number of nitrogens with zero attached hydrogens (tertiary/aromatic N) is 3. The molecule has 0 saturated heterocycles. The zero-order valence-corrected chi connectivity index (χ0v) is 13.3. The SMILES string of the molecule is CCC(CC)n1c(=O)[nH]c2ncc(Cl)c(-c3ccccn3)c21. The summed E-state index contributed by atoms with van der Waals surface area (Å²) in [5.41, 5.74) is 2.60. The molecule has 0 amide bonds. The number of fused-ring (bicyclic) bond motifs is 1. The second-order valence-corrected chi connectivity index (χ2v) is 5.57. The first-order chi connectivity index (χ1) is 10.7. The van der Waals surface area contributed by atoms with Crippen LogP contribution in [-0.4, -0.2) is 19.5 Å². The lowest BCUT2D eigenvalue weighted by molar-refractivity contribution is 0.471. The zero-order valence-electron chi connectivity index (χ0n) is 12.5. The van der Waals surface area contributed by atoms with Crippen molar-refractivity contribution in [1.82, 2.24) is 19.5 Å².